The van der Waals surface area contributed by atoms with Crippen LogP contribution in [0.5, 0.6) is 0 Å². The van der Waals surface area contributed by atoms with E-state index >= 15 is 0 Å². The largest absolute Gasteiger partial charge is 0.371 e. The fourth-order valence-corrected chi connectivity index (χ4v) is 6.34. The van der Waals surface area contributed by atoms with Gasteiger partial charge in [0, 0.05) is 43.6 Å². The van der Waals surface area contributed by atoms with Crippen LogP contribution in [0.25, 0.3) is 28.3 Å². The molecule has 0 radical (unpaired) electrons. The zero-order valence-corrected chi connectivity index (χ0v) is 21.1. The van der Waals surface area contributed by atoms with Gasteiger partial charge in [0.2, 0.25) is 0 Å². The van der Waals surface area contributed by atoms with Crippen LogP contribution in [-0.4, -0.2) is 57.0 Å². The quantitative estimate of drug-likeness (QED) is 0.351. The predicted octanol–water partition coefficient (Wildman–Crippen LogP) is 5.32. The topological polar surface area (TPSA) is 42.1 Å². The Morgan fingerprint density at radius 3 is 2.64 bits per heavy atom. The van der Waals surface area contributed by atoms with Gasteiger partial charge in [-0.3, -0.25) is 4.57 Å². The van der Waals surface area contributed by atoms with Crippen LogP contribution in [0.4, 0.5) is 5.69 Å². The molecule has 6 nitrogen and oxygen atoms in total. The second-order valence-electron chi connectivity index (χ2n) is 11.0. The molecule has 0 amide bonds. The van der Waals surface area contributed by atoms with E-state index in [9.17, 15) is 0 Å². The number of nitrogens with zero attached hydrogens (tertiary/aromatic N) is 6. The molecule has 2 fully saturated rings. The summed E-state index contributed by atoms with van der Waals surface area (Å²) in [5.74, 6) is 2.57. The molecule has 2 aromatic carbocycles. The summed E-state index contributed by atoms with van der Waals surface area (Å²) in [5, 5.41) is 8.79. The Bertz CT molecular complexity index is 1360. The van der Waals surface area contributed by atoms with Crippen molar-refractivity contribution in [2.45, 2.75) is 32.7 Å². The van der Waals surface area contributed by atoms with E-state index in [1.807, 2.05) is 6.33 Å². The van der Waals surface area contributed by atoms with Crippen molar-refractivity contribution in [2.75, 3.05) is 37.6 Å². The van der Waals surface area contributed by atoms with Crippen molar-refractivity contribution in [3.8, 4) is 28.3 Å². The van der Waals surface area contributed by atoms with Crippen LogP contribution in [-0.2, 0) is 6.54 Å². The summed E-state index contributed by atoms with van der Waals surface area (Å²) in [7, 11) is 0. The Labute approximate surface area is 213 Å². The van der Waals surface area contributed by atoms with E-state index in [2.05, 4.69) is 96.8 Å². The molecule has 3 aliphatic heterocycles. The van der Waals surface area contributed by atoms with Crippen LogP contribution in [0.2, 0.25) is 0 Å². The molecule has 0 spiro atoms. The summed E-state index contributed by atoms with van der Waals surface area (Å²) < 4.78 is 4.49. The van der Waals surface area contributed by atoms with Crippen molar-refractivity contribution in [3.05, 3.63) is 72.7 Å². The number of aromatic nitrogens is 4. The molecular formula is C30H34N6. The zero-order chi connectivity index (χ0) is 24.1. The molecule has 2 aromatic heterocycles. The standard InChI is InChI=1S/C30H34N6/c1-22-9-12-33(13-10-22)17-23-11-14-34(18-23)27-7-8-28-26(15-27)20-35-19-25(24-5-3-2-4-6-24)16-29(35)30-32-31-21-36(28)30/h2-8,15-16,19,21-23H,9-14,17-18,20H2,1H3/t23-/m0/s1. The first-order chi connectivity index (χ1) is 17.7. The molecule has 0 aliphatic carbocycles. The summed E-state index contributed by atoms with van der Waals surface area (Å²) >= 11 is 0. The molecule has 2 saturated heterocycles. The maximum absolute atomic E-state index is 4.51. The minimum Gasteiger partial charge on any atom is -0.371 e. The van der Waals surface area contributed by atoms with Gasteiger partial charge in [-0.2, -0.15) is 0 Å². The lowest BCUT2D eigenvalue weighted by Gasteiger charge is -2.32. The van der Waals surface area contributed by atoms with Crippen molar-refractivity contribution >= 4 is 5.69 Å². The van der Waals surface area contributed by atoms with Gasteiger partial charge in [0.1, 0.15) is 6.33 Å². The van der Waals surface area contributed by atoms with Gasteiger partial charge >= 0.3 is 0 Å². The lowest BCUT2D eigenvalue weighted by Crippen LogP contribution is -2.37. The van der Waals surface area contributed by atoms with Gasteiger partial charge in [-0.25, -0.2) is 0 Å². The second-order valence-corrected chi connectivity index (χ2v) is 11.0. The maximum Gasteiger partial charge on any atom is 0.185 e. The molecule has 6 heteroatoms. The van der Waals surface area contributed by atoms with Crippen molar-refractivity contribution in [1.82, 2.24) is 24.2 Å². The Balaban J connectivity index is 1.15. The molecule has 1 atom stereocenters. The molecule has 3 aliphatic rings. The van der Waals surface area contributed by atoms with Crippen LogP contribution < -0.4 is 4.90 Å². The Hall–Kier alpha value is -3.38. The first-order valence-electron chi connectivity index (χ1n) is 13.5. The number of rotatable bonds is 4. The van der Waals surface area contributed by atoms with Crippen LogP contribution in [0.3, 0.4) is 0 Å². The van der Waals surface area contributed by atoms with Gasteiger partial charge in [0.15, 0.2) is 5.82 Å². The van der Waals surface area contributed by atoms with E-state index in [4.69, 9.17) is 0 Å². The Morgan fingerprint density at radius 1 is 0.917 bits per heavy atom. The molecule has 184 valence electrons. The molecule has 0 N–H and O–H groups in total. The number of anilines is 1. The van der Waals surface area contributed by atoms with E-state index < -0.39 is 0 Å². The zero-order valence-electron chi connectivity index (χ0n) is 21.1. The normalized spacial score (nSPS) is 20.1. The van der Waals surface area contributed by atoms with Gasteiger partial charge in [-0.15, -0.1) is 10.2 Å². The van der Waals surface area contributed by atoms with E-state index in [-0.39, 0.29) is 0 Å². The Morgan fingerprint density at radius 2 is 1.78 bits per heavy atom. The van der Waals surface area contributed by atoms with Gasteiger partial charge in [-0.1, -0.05) is 37.3 Å². The highest BCUT2D eigenvalue weighted by molar-refractivity contribution is 5.72. The number of hydrogen-bond acceptors (Lipinski definition) is 4. The van der Waals surface area contributed by atoms with Crippen molar-refractivity contribution in [1.29, 1.82) is 0 Å². The Kier molecular flexibility index (Phi) is 5.42. The maximum atomic E-state index is 4.51. The van der Waals surface area contributed by atoms with E-state index in [1.165, 1.54) is 67.0 Å². The summed E-state index contributed by atoms with van der Waals surface area (Å²) in [5.41, 5.74) is 7.40. The number of hydrogen-bond donors (Lipinski definition) is 0. The number of fused-ring (bicyclic) bond motifs is 5. The SMILES string of the molecule is CC1CCN(C[C@@H]2CCN(c3ccc4c(c3)Cn3cc(-c5ccccc5)cc3-c3nncn3-4)C2)CC1. The first kappa shape index (κ1) is 21.9. The second kappa shape index (κ2) is 8.93. The van der Waals surface area contributed by atoms with Crippen LogP contribution in [0, 0.1) is 11.8 Å². The minimum absolute atomic E-state index is 0.770. The van der Waals surface area contributed by atoms with Gasteiger partial charge in [0.05, 0.1) is 11.4 Å². The fraction of sp³-hybridized carbons (Fsp3) is 0.400. The molecule has 4 aromatic rings. The van der Waals surface area contributed by atoms with E-state index in [1.54, 1.807) is 0 Å². The molecule has 36 heavy (non-hydrogen) atoms. The van der Waals surface area contributed by atoms with Crippen LogP contribution in [0.15, 0.2) is 67.1 Å². The summed E-state index contributed by atoms with van der Waals surface area (Å²) in [6.07, 6.45) is 8.13. The third kappa shape index (κ3) is 3.94. The number of benzene rings is 2. The lowest BCUT2D eigenvalue weighted by molar-refractivity contribution is 0.171. The van der Waals surface area contributed by atoms with Gasteiger partial charge in [-0.05, 0) is 79.6 Å². The minimum atomic E-state index is 0.770. The third-order valence-corrected chi connectivity index (χ3v) is 8.49. The van der Waals surface area contributed by atoms with Gasteiger partial charge in [0.25, 0.3) is 0 Å². The number of piperidine rings is 1. The van der Waals surface area contributed by atoms with Crippen LogP contribution in [0.1, 0.15) is 31.7 Å². The van der Waals surface area contributed by atoms with Crippen molar-refractivity contribution in [3.63, 3.8) is 0 Å². The van der Waals surface area contributed by atoms with Gasteiger partial charge < -0.3 is 14.4 Å². The van der Waals surface area contributed by atoms with E-state index in [0.717, 1.165) is 43.0 Å². The lowest BCUT2D eigenvalue weighted by atomic mass is 9.98. The molecule has 0 bridgehead atoms. The average molecular weight is 479 g/mol. The summed E-state index contributed by atoms with van der Waals surface area (Å²) in [6, 6.07) is 19.8. The molecule has 7 rings (SSSR count). The van der Waals surface area contributed by atoms with E-state index in [0.29, 0.717) is 0 Å². The highest BCUT2D eigenvalue weighted by atomic mass is 15.3. The third-order valence-electron chi connectivity index (χ3n) is 8.49. The highest BCUT2D eigenvalue weighted by Crippen LogP contribution is 2.35. The first-order valence-corrected chi connectivity index (χ1v) is 13.5. The predicted molar refractivity (Wildman–Crippen MR) is 144 cm³/mol. The number of likely N-dealkylation sites (tertiary alicyclic amines) is 1. The molecular weight excluding hydrogens is 444 g/mol. The smallest absolute Gasteiger partial charge is 0.185 e. The van der Waals surface area contributed by atoms with Crippen molar-refractivity contribution in [2.24, 2.45) is 11.8 Å². The molecule has 0 saturated carbocycles. The molecule has 0 unspecified atom stereocenters. The molecule has 5 heterocycles. The van der Waals surface area contributed by atoms with Crippen LogP contribution >= 0.6 is 0 Å². The van der Waals surface area contributed by atoms with Crippen molar-refractivity contribution < 1.29 is 0 Å². The fourth-order valence-electron chi connectivity index (χ4n) is 6.34. The average Bonchev–Trinajstić information content (AvgIpc) is 3.65. The monoisotopic (exact) mass is 478 g/mol. The highest BCUT2D eigenvalue weighted by Gasteiger charge is 2.28. The summed E-state index contributed by atoms with van der Waals surface area (Å²) in [4.78, 5) is 5.30. The summed E-state index contributed by atoms with van der Waals surface area (Å²) in [6.45, 7) is 9.36.